The first kappa shape index (κ1) is 23.1. The highest BCUT2D eigenvalue weighted by atomic mass is 16.5. The van der Waals surface area contributed by atoms with E-state index in [-0.39, 0.29) is 0 Å². The highest BCUT2D eigenvalue weighted by Gasteiger charge is 2.20. The molecular weight excluding hydrogens is 344 g/mol. The first-order chi connectivity index (χ1) is 13.8. The standard InChI is InChI=1S/C26H44O2/c1-3-5-6-7-8-9-21-27-25-17-19-26(20-18-25)28-22-10-12-24-15-13-23(11-4-2)14-16-24/h17-20,23-24H,3-16,21-22H2,1-2H3/t23-,24-. The summed E-state index contributed by atoms with van der Waals surface area (Å²) in [5, 5.41) is 0. The minimum atomic E-state index is 0.826. The summed E-state index contributed by atoms with van der Waals surface area (Å²) in [7, 11) is 0. The fourth-order valence-corrected chi connectivity index (χ4v) is 4.48. The van der Waals surface area contributed by atoms with Gasteiger partial charge in [-0.05, 0) is 55.4 Å². The number of rotatable bonds is 15. The highest BCUT2D eigenvalue weighted by molar-refractivity contribution is 5.31. The van der Waals surface area contributed by atoms with Gasteiger partial charge in [0.05, 0.1) is 13.2 Å². The van der Waals surface area contributed by atoms with Gasteiger partial charge in [-0.3, -0.25) is 0 Å². The van der Waals surface area contributed by atoms with E-state index in [0.29, 0.717) is 0 Å². The third-order valence-corrected chi connectivity index (χ3v) is 6.28. The normalized spacial score (nSPS) is 19.5. The lowest BCUT2D eigenvalue weighted by molar-refractivity contribution is 0.230. The van der Waals surface area contributed by atoms with E-state index < -0.39 is 0 Å². The summed E-state index contributed by atoms with van der Waals surface area (Å²) in [5.74, 6) is 3.89. The lowest BCUT2D eigenvalue weighted by Crippen LogP contribution is -2.15. The second-order valence-corrected chi connectivity index (χ2v) is 8.75. The van der Waals surface area contributed by atoms with E-state index in [1.54, 1.807) is 0 Å². The molecule has 0 amide bonds. The predicted octanol–water partition coefficient (Wildman–Crippen LogP) is 8.19. The minimum Gasteiger partial charge on any atom is -0.494 e. The molecule has 0 radical (unpaired) electrons. The SMILES string of the molecule is CCCCCCCCOc1ccc(OCCC[C@H]2CC[C@H](CCC)CC2)cc1. The van der Waals surface area contributed by atoms with E-state index >= 15 is 0 Å². The van der Waals surface area contributed by atoms with Crippen LogP contribution >= 0.6 is 0 Å². The molecule has 28 heavy (non-hydrogen) atoms. The van der Waals surface area contributed by atoms with Crippen molar-refractivity contribution in [1.82, 2.24) is 0 Å². The van der Waals surface area contributed by atoms with Gasteiger partial charge in [-0.2, -0.15) is 0 Å². The second kappa shape index (κ2) is 14.8. The maximum absolute atomic E-state index is 5.94. The van der Waals surface area contributed by atoms with Gasteiger partial charge >= 0.3 is 0 Å². The van der Waals surface area contributed by atoms with Crippen molar-refractivity contribution in [3.8, 4) is 11.5 Å². The van der Waals surface area contributed by atoms with Gasteiger partial charge < -0.3 is 9.47 Å². The fourth-order valence-electron chi connectivity index (χ4n) is 4.48. The van der Waals surface area contributed by atoms with Gasteiger partial charge in [0.1, 0.15) is 11.5 Å². The van der Waals surface area contributed by atoms with E-state index in [4.69, 9.17) is 9.47 Å². The molecule has 160 valence electrons. The second-order valence-electron chi connectivity index (χ2n) is 8.75. The van der Waals surface area contributed by atoms with Crippen molar-refractivity contribution in [3.05, 3.63) is 24.3 Å². The van der Waals surface area contributed by atoms with Crippen LogP contribution < -0.4 is 9.47 Å². The Labute approximate surface area is 174 Å². The van der Waals surface area contributed by atoms with Crippen molar-refractivity contribution in [3.63, 3.8) is 0 Å². The summed E-state index contributed by atoms with van der Waals surface area (Å²) in [6.45, 7) is 6.24. The van der Waals surface area contributed by atoms with Gasteiger partial charge in [-0.15, -0.1) is 0 Å². The van der Waals surface area contributed by atoms with E-state index in [9.17, 15) is 0 Å². The van der Waals surface area contributed by atoms with Gasteiger partial charge in [0, 0.05) is 0 Å². The molecule has 1 fully saturated rings. The molecule has 2 heteroatoms. The Bertz CT molecular complexity index is 474. The predicted molar refractivity (Wildman–Crippen MR) is 120 cm³/mol. The molecule has 0 unspecified atom stereocenters. The molecule has 1 aromatic carbocycles. The van der Waals surface area contributed by atoms with Gasteiger partial charge in [0.25, 0.3) is 0 Å². The Kier molecular flexibility index (Phi) is 12.2. The first-order valence-electron chi connectivity index (χ1n) is 12.2. The Morgan fingerprint density at radius 1 is 0.607 bits per heavy atom. The van der Waals surface area contributed by atoms with Crippen LogP contribution in [0.15, 0.2) is 24.3 Å². The molecule has 0 aliphatic heterocycles. The van der Waals surface area contributed by atoms with Crippen molar-refractivity contribution in [1.29, 1.82) is 0 Å². The van der Waals surface area contributed by atoms with Crippen LogP contribution in [0.2, 0.25) is 0 Å². The average molecular weight is 389 g/mol. The van der Waals surface area contributed by atoms with Crippen LogP contribution in [0, 0.1) is 11.8 Å². The number of ether oxygens (including phenoxy) is 2. The zero-order valence-corrected chi connectivity index (χ0v) is 18.6. The maximum Gasteiger partial charge on any atom is 0.119 e. The molecule has 1 aromatic rings. The third-order valence-electron chi connectivity index (χ3n) is 6.28. The van der Waals surface area contributed by atoms with E-state index in [0.717, 1.165) is 43.0 Å². The molecule has 2 nitrogen and oxygen atoms in total. The number of benzene rings is 1. The lowest BCUT2D eigenvalue weighted by Gasteiger charge is -2.28. The molecule has 0 atom stereocenters. The summed E-state index contributed by atoms with van der Waals surface area (Å²) in [6, 6.07) is 8.18. The van der Waals surface area contributed by atoms with Crippen molar-refractivity contribution < 1.29 is 9.47 Å². The smallest absolute Gasteiger partial charge is 0.119 e. The van der Waals surface area contributed by atoms with Crippen LogP contribution in [0.3, 0.4) is 0 Å². The number of hydrogen-bond acceptors (Lipinski definition) is 2. The van der Waals surface area contributed by atoms with E-state index in [1.165, 1.54) is 83.5 Å². The van der Waals surface area contributed by atoms with Crippen molar-refractivity contribution in [2.75, 3.05) is 13.2 Å². The lowest BCUT2D eigenvalue weighted by atomic mass is 9.78. The zero-order valence-electron chi connectivity index (χ0n) is 18.6. The zero-order chi connectivity index (χ0) is 19.9. The monoisotopic (exact) mass is 388 g/mol. The Morgan fingerprint density at radius 2 is 1.11 bits per heavy atom. The summed E-state index contributed by atoms with van der Waals surface area (Å²) < 4.78 is 11.8. The summed E-state index contributed by atoms with van der Waals surface area (Å²) >= 11 is 0. The van der Waals surface area contributed by atoms with E-state index in [1.807, 2.05) is 24.3 Å². The van der Waals surface area contributed by atoms with Gasteiger partial charge in [-0.1, -0.05) is 84.5 Å². The molecule has 1 saturated carbocycles. The first-order valence-corrected chi connectivity index (χ1v) is 12.2. The highest BCUT2D eigenvalue weighted by Crippen LogP contribution is 2.33. The molecule has 2 rings (SSSR count). The molecule has 0 saturated heterocycles. The molecule has 0 bridgehead atoms. The van der Waals surface area contributed by atoms with Crippen molar-refractivity contribution >= 4 is 0 Å². The number of hydrogen-bond donors (Lipinski definition) is 0. The Balaban J connectivity index is 1.49. The maximum atomic E-state index is 5.94. The van der Waals surface area contributed by atoms with Crippen LogP contribution in [-0.2, 0) is 0 Å². The van der Waals surface area contributed by atoms with Gasteiger partial charge in [0.2, 0.25) is 0 Å². The van der Waals surface area contributed by atoms with Crippen LogP contribution in [0.1, 0.15) is 104 Å². The summed E-state index contributed by atoms with van der Waals surface area (Å²) in [5.41, 5.74) is 0. The van der Waals surface area contributed by atoms with Gasteiger partial charge in [0.15, 0.2) is 0 Å². The molecule has 0 spiro atoms. The molecular formula is C26H44O2. The quantitative estimate of drug-likeness (QED) is 0.282. The molecule has 1 aliphatic rings. The Hall–Kier alpha value is -1.18. The molecule has 1 aliphatic carbocycles. The largest absolute Gasteiger partial charge is 0.494 e. The van der Waals surface area contributed by atoms with Crippen molar-refractivity contribution in [2.45, 2.75) is 104 Å². The summed E-state index contributed by atoms with van der Waals surface area (Å²) in [6.07, 6.45) is 18.9. The number of unbranched alkanes of at least 4 members (excludes halogenated alkanes) is 5. The average Bonchev–Trinajstić information content (AvgIpc) is 2.73. The van der Waals surface area contributed by atoms with Gasteiger partial charge in [-0.25, -0.2) is 0 Å². The Morgan fingerprint density at radius 3 is 1.68 bits per heavy atom. The van der Waals surface area contributed by atoms with Crippen LogP contribution in [0.4, 0.5) is 0 Å². The van der Waals surface area contributed by atoms with Crippen molar-refractivity contribution in [2.24, 2.45) is 11.8 Å². The molecule has 0 heterocycles. The van der Waals surface area contributed by atoms with Crippen LogP contribution in [-0.4, -0.2) is 13.2 Å². The van der Waals surface area contributed by atoms with Crippen LogP contribution in [0.5, 0.6) is 11.5 Å². The van der Waals surface area contributed by atoms with E-state index in [2.05, 4.69) is 13.8 Å². The molecule has 0 aromatic heterocycles. The summed E-state index contributed by atoms with van der Waals surface area (Å²) in [4.78, 5) is 0. The third kappa shape index (κ3) is 9.85. The fraction of sp³-hybridized carbons (Fsp3) is 0.769. The van der Waals surface area contributed by atoms with Crippen LogP contribution in [0.25, 0.3) is 0 Å². The topological polar surface area (TPSA) is 18.5 Å². The molecule has 0 N–H and O–H groups in total. The minimum absolute atomic E-state index is 0.826.